The first-order valence-corrected chi connectivity index (χ1v) is 4.02. The Kier molecular flexibility index (Phi) is 2.56. The van der Waals surface area contributed by atoms with Crippen LogP contribution in [-0.4, -0.2) is 9.78 Å². The highest BCUT2D eigenvalue weighted by Crippen LogP contribution is 2.30. The normalized spacial score (nSPS) is 12.5. The Hall–Kier alpha value is -0.710. The Morgan fingerprint density at radius 1 is 1.46 bits per heavy atom. The van der Waals surface area contributed by atoms with Gasteiger partial charge in [0.1, 0.15) is 5.15 Å². The van der Waals surface area contributed by atoms with Gasteiger partial charge in [0.2, 0.25) is 0 Å². The highest BCUT2D eigenvalue weighted by molar-refractivity contribution is 6.29. The van der Waals surface area contributed by atoms with Gasteiger partial charge in [0.15, 0.2) is 5.69 Å². The SMILES string of the molecule is CC(C)n1nc(C(F)(F)F)cc1Cl. The third kappa shape index (κ3) is 2.15. The second-order valence-electron chi connectivity index (χ2n) is 2.89. The molecule has 0 N–H and O–H groups in total. The standard InChI is InChI=1S/C7H8ClF3N2/c1-4(2)13-6(8)3-5(12-13)7(9,10)11/h3-4H,1-2H3. The summed E-state index contributed by atoms with van der Waals surface area (Å²) in [5, 5.41) is 3.34. The fourth-order valence-electron chi connectivity index (χ4n) is 0.872. The molecule has 1 rings (SSSR count). The summed E-state index contributed by atoms with van der Waals surface area (Å²) in [7, 11) is 0. The summed E-state index contributed by atoms with van der Waals surface area (Å²) >= 11 is 5.55. The lowest BCUT2D eigenvalue weighted by atomic mass is 10.4. The van der Waals surface area contributed by atoms with E-state index in [2.05, 4.69) is 5.10 Å². The molecule has 1 aromatic rings. The number of nitrogens with zero attached hydrogens (tertiary/aromatic N) is 2. The molecule has 13 heavy (non-hydrogen) atoms. The molecule has 1 aromatic heterocycles. The monoisotopic (exact) mass is 212 g/mol. The van der Waals surface area contributed by atoms with E-state index in [9.17, 15) is 13.2 Å². The van der Waals surface area contributed by atoms with E-state index >= 15 is 0 Å². The molecule has 0 saturated heterocycles. The van der Waals surface area contributed by atoms with Crippen molar-refractivity contribution < 1.29 is 13.2 Å². The average Bonchev–Trinajstić information content (AvgIpc) is 2.29. The van der Waals surface area contributed by atoms with Gasteiger partial charge in [-0.2, -0.15) is 18.3 Å². The first-order chi connectivity index (χ1) is 5.82. The van der Waals surface area contributed by atoms with Gasteiger partial charge in [0.25, 0.3) is 0 Å². The number of alkyl halides is 3. The van der Waals surface area contributed by atoms with Crippen molar-refractivity contribution in [3.8, 4) is 0 Å². The Morgan fingerprint density at radius 3 is 2.23 bits per heavy atom. The predicted octanol–water partition coefficient (Wildman–Crippen LogP) is 3.14. The lowest BCUT2D eigenvalue weighted by Gasteiger charge is -2.06. The zero-order valence-corrected chi connectivity index (χ0v) is 7.82. The molecule has 0 amide bonds. The van der Waals surface area contributed by atoms with Crippen molar-refractivity contribution in [2.75, 3.05) is 0 Å². The smallest absolute Gasteiger partial charge is 0.251 e. The van der Waals surface area contributed by atoms with Gasteiger partial charge in [0, 0.05) is 12.1 Å². The predicted molar refractivity (Wildman–Crippen MR) is 42.6 cm³/mol. The van der Waals surface area contributed by atoms with Crippen LogP contribution in [0.5, 0.6) is 0 Å². The van der Waals surface area contributed by atoms with Crippen LogP contribution in [0.25, 0.3) is 0 Å². The van der Waals surface area contributed by atoms with E-state index in [4.69, 9.17) is 11.6 Å². The van der Waals surface area contributed by atoms with Crippen molar-refractivity contribution >= 4 is 11.6 Å². The van der Waals surface area contributed by atoms with Gasteiger partial charge in [0.05, 0.1) is 0 Å². The Morgan fingerprint density at radius 2 is 2.00 bits per heavy atom. The van der Waals surface area contributed by atoms with Crippen molar-refractivity contribution in [1.29, 1.82) is 0 Å². The van der Waals surface area contributed by atoms with Crippen molar-refractivity contribution in [2.24, 2.45) is 0 Å². The topological polar surface area (TPSA) is 17.8 Å². The van der Waals surface area contributed by atoms with E-state index < -0.39 is 11.9 Å². The first-order valence-electron chi connectivity index (χ1n) is 3.64. The maximum atomic E-state index is 12.1. The molecule has 1 heterocycles. The highest BCUT2D eigenvalue weighted by Gasteiger charge is 2.34. The minimum absolute atomic E-state index is 0.00215. The fourth-order valence-corrected chi connectivity index (χ4v) is 1.21. The van der Waals surface area contributed by atoms with Crippen LogP contribution in [0.2, 0.25) is 5.15 Å². The molecule has 0 atom stereocenters. The van der Waals surface area contributed by atoms with Crippen LogP contribution in [0.4, 0.5) is 13.2 Å². The van der Waals surface area contributed by atoms with Crippen LogP contribution in [0.3, 0.4) is 0 Å². The van der Waals surface area contributed by atoms with Crippen LogP contribution >= 0.6 is 11.6 Å². The van der Waals surface area contributed by atoms with E-state index in [1.54, 1.807) is 13.8 Å². The number of hydrogen-bond acceptors (Lipinski definition) is 1. The lowest BCUT2D eigenvalue weighted by Crippen LogP contribution is -2.09. The van der Waals surface area contributed by atoms with Gasteiger partial charge in [-0.15, -0.1) is 0 Å². The summed E-state index contributed by atoms with van der Waals surface area (Å²) in [4.78, 5) is 0. The van der Waals surface area contributed by atoms with Crippen LogP contribution in [0.15, 0.2) is 6.07 Å². The Bertz CT molecular complexity index is 303. The highest BCUT2D eigenvalue weighted by atomic mass is 35.5. The van der Waals surface area contributed by atoms with Crippen LogP contribution in [-0.2, 0) is 6.18 Å². The maximum Gasteiger partial charge on any atom is 0.435 e. The quantitative estimate of drug-likeness (QED) is 0.699. The van der Waals surface area contributed by atoms with Crippen molar-refractivity contribution in [1.82, 2.24) is 9.78 Å². The Balaban J connectivity index is 3.10. The molecule has 0 aliphatic carbocycles. The maximum absolute atomic E-state index is 12.1. The van der Waals surface area contributed by atoms with Crippen molar-refractivity contribution in [3.05, 3.63) is 16.9 Å². The molecule has 0 aromatic carbocycles. The van der Waals surface area contributed by atoms with Gasteiger partial charge in [-0.3, -0.25) is 4.68 Å². The summed E-state index contributed by atoms with van der Waals surface area (Å²) < 4.78 is 37.5. The molecule has 0 saturated carbocycles. The van der Waals surface area contributed by atoms with E-state index in [0.717, 1.165) is 10.7 Å². The van der Waals surface area contributed by atoms with Crippen LogP contribution < -0.4 is 0 Å². The van der Waals surface area contributed by atoms with E-state index in [0.29, 0.717) is 0 Å². The van der Waals surface area contributed by atoms with Gasteiger partial charge < -0.3 is 0 Å². The third-order valence-corrected chi connectivity index (χ3v) is 1.75. The molecule has 0 bridgehead atoms. The molecular weight excluding hydrogens is 205 g/mol. The van der Waals surface area contributed by atoms with Gasteiger partial charge in [-0.25, -0.2) is 0 Å². The van der Waals surface area contributed by atoms with Gasteiger partial charge in [-0.05, 0) is 13.8 Å². The fraction of sp³-hybridized carbons (Fsp3) is 0.571. The molecule has 6 heteroatoms. The summed E-state index contributed by atoms with van der Waals surface area (Å²) in [6.45, 7) is 3.41. The summed E-state index contributed by atoms with van der Waals surface area (Å²) in [6.07, 6.45) is -4.43. The van der Waals surface area contributed by atoms with E-state index in [-0.39, 0.29) is 11.2 Å². The number of hydrogen-bond donors (Lipinski definition) is 0. The molecule has 0 unspecified atom stereocenters. The minimum Gasteiger partial charge on any atom is -0.251 e. The van der Waals surface area contributed by atoms with Crippen molar-refractivity contribution in [2.45, 2.75) is 26.1 Å². The molecule has 0 radical (unpaired) electrons. The van der Waals surface area contributed by atoms with Gasteiger partial charge >= 0.3 is 6.18 Å². The van der Waals surface area contributed by atoms with Crippen LogP contribution in [0.1, 0.15) is 25.6 Å². The molecule has 0 aliphatic rings. The molecule has 0 fully saturated rings. The summed E-state index contributed by atoms with van der Waals surface area (Å²) in [5.74, 6) is 0. The average molecular weight is 213 g/mol. The third-order valence-electron chi connectivity index (χ3n) is 1.47. The summed E-state index contributed by atoms with van der Waals surface area (Å²) in [6, 6.07) is 0.644. The number of halogens is 4. The second kappa shape index (κ2) is 3.21. The van der Waals surface area contributed by atoms with Gasteiger partial charge in [-0.1, -0.05) is 11.6 Å². The zero-order chi connectivity index (χ0) is 10.2. The van der Waals surface area contributed by atoms with Crippen LogP contribution in [0, 0.1) is 0 Å². The minimum atomic E-state index is -4.43. The number of rotatable bonds is 1. The molecule has 0 aliphatic heterocycles. The molecule has 2 nitrogen and oxygen atoms in total. The number of aromatic nitrogens is 2. The second-order valence-corrected chi connectivity index (χ2v) is 3.28. The van der Waals surface area contributed by atoms with E-state index in [1.165, 1.54) is 0 Å². The largest absolute Gasteiger partial charge is 0.435 e. The van der Waals surface area contributed by atoms with E-state index in [1.807, 2.05) is 0 Å². The lowest BCUT2D eigenvalue weighted by molar-refractivity contribution is -0.141. The Labute approximate surface area is 78.3 Å². The first kappa shape index (κ1) is 10.4. The zero-order valence-electron chi connectivity index (χ0n) is 7.06. The summed E-state index contributed by atoms with van der Waals surface area (Å²) in [5.41, 5.74) is -0.953. The molecule has 0 spiro atoms. The molecule has 74 valence electrons. The molecular formula is C7H8ClF3N2. The van der Waals surface area contributed by atoms with Crippen molar-refractivity contribution in [3.63, 3.8) is 0 Å².